The van der Waals surface area contributed by atoms with Gasteiger partial charge in [0.1, 0.15) is 23.7 Å². The topological polar surface area (TPSA) is 50.3 Å². The van der Waals surface area contributed by atoms with Crippen molar-refractivity contribution in [1.82, 2.24) is 9.97 Å². The van der Waals surface area contributed by atoms with Gasteiger partial charge in [0.15, 0.2) is 0 Å². The van der Waals surface area contributed by atoms with Crippen molar-refractivity contribution in [2.24, 2.45) is 0 Å². The van der Waals surface area contributed by atoms with E-state index in [1.807, 2.05) is 30.3 Å². The molecule has 1 N–H and O–H groups in total. The number of benzene rings is 1. The Kier molecular flexibility index (Phi) is 4.95. The van der Waals surface area contributed by atoms with Gasteiger partial charge < -0.3 is 15.0 Å². The first kappa shape index (κ1) is 15.6. The first-order valence-electron chi connectivity index (χ1n) is 8.30. The minimum Gasteiger partial charge on any atom is -0.497 e. The summed E-state index contributed by atoms with van der Waals surface area (Å²) in [5.74, 6) is 2.65. The fourth-order valence-corrected chi connectivity index (χ4v) is 3.15. The Labute approximate surface area is 137 Å². The summed E-state index contributed by atoms with van der Waals surface area (Å²) in [7, 11) is 1.67. The van der Waals surface area contributed by atoms with Gasteiger partial charge in [-0.05, 0) is 37.8 Å². The molecule has 1 aromatic carbocycles. The van der Waals surface area contributed by atoms with E-state index in [0.29, 0.717) is 6.04 Å². The molecule has 5 nitrogen and oxygen atoms in total. The normalized spacial score (nSPS) is 17.8. The van der Waals surface area contributed by atoms with Crippen molar-refractivity contribution in [3.63, 3.8) is 0 Å². The van der Waals surface area contributed by atoms with Gasteiger partial charge in [-0.25, -0.2) is 9.97 Å². The van der Waals surface area contributed by atoms with Gasteiger partial charge in [0, 0.05) is 30.4 Å². The van der Waals surface area contributed by atoms with Crippen LogP contribution in [0.4, 0.5) is 17.3 Å². The Balaban J connectivity index is 1.79. The van der Waals surface area contributed by atoms with E-state index < -0.39 is 0 Å². The molecule has 2 aromatic rings. The van der Waals surface area contributed by atoms with Gasteiger partial charge in [-0.1, -0.05) is 13.0 Å². The highest BCUT2D eigenvalue weighted by Crippen LogP contribution is 2.27. The lowest BCUT2D eigenvalue weighted by Gasteiger charge is -2.36. The number of nitrogens with one attached hydrogen (secondary N) is 1. The minimum atomic E-state index is 0.586. The van der Waals surface area contributed by atoms with Crippen LogP contribution in [0.1, 0.15) is 32.6 Å². The summed E-state index contributed by atoms with van der Waals surface area (Å²) in [4.78, 5) is 11.3. The largest absolute Gasteiger partial charge is 0.497 e. The van der Waals surface area contributed by atoms with Gasteiger partial charge >= 0.3 is 0 Å². The van der Waals surface area contributed by atoms with Crippen LogP contribution in [-0.4, -0.2) is 29.7 Å². The lowest BCUT2D eigenvalue weighted by molar-refractivity contribution is 0.415. The van der Waals surface area contributed by atoms with E-state index in [-0.39, 0.29) is 0 Å². The van der Waals surface area contributed by atoms with Crippen molar-refractivity contribution < 1.29 is 4.74 Å². The van der Waals surface area contributed by atoms with Gasteiger partial charge in [0.05, 0.1) is 7.11 Å². The molecule has 1 unspecified atom stereocenters. The fourth-order valence-electron chi connectivity index (χ4n) is 3.15. The quantitative estimate of drug-likeness (QED) is 0.904. The smallest absolute Gasteiger partial charge is 0.135 e. The van der Waals surface area contributed by atoms with Crippen LogP contribution in [0.25, 0.3) is 0 Å². The lowest BCUT2D eigenvalue weighted by atomic mass is 10.0. The van der Waals surface area contributed by atoms with Crippen molar-refractivity contribution in [1.29, 1.82) is 0 Å². The standard InChI is InChI=1S/C18H24N4O/c1-3-15-8-4-5-10-22(15)18-12-17(19-13-20-18)21-14-7-6-9-16(11-14)23-2/h6-7,9,11-13,15H,3-5,8,10H2,1-2H3,(H,19,20,21). The number of rotatable bonds is 5. The Hall–Kier alpha value is -2.30. The summed E-state index contributed by atoms with van der Waals surface area (Å²) in [6.07, 6.45) is 6.59. The number of methoxy groups -OCH3 is 1. The van der Waals surface area contributed by atoms with Crippen molar-refractivity contribution >= 4 is 17.3 Å². The maximum Gasteiger partial charge on any atom is 0.135 e. The zero-order chi connectivity index (χ0) is 16.1. The molecular weight excluding hydrogens is 288 g/mol. The Bertz CT molecular complexity index is 646. The molecule has 1 aliphatic heterocycles. The molecule has 1 atom stereocenters. The van der Waals surface area contributed by atoms with E-state index in [1.54, 1.807) is 13.4 Å². The average Bonchev–Trinajstić information content (AvgIpc) is 2.62. The van der Waals surface area contributed by atoms with Crippen molar-refractivity contribution in [3.05, 3.63) is 36.7 Å². The highest BCUT2D eigenvalue weighted by Gasteiger charge is 2.22. The molecule has 122 valence electrons. The second-order valence-corrected chi connectivity index (χ2v) is 5.87. The molecule has 0 bridgehead atoms. The van der Waals surface area contributed by atoms with Crippen LogP contribution < -0.4 is 15.0 Å². The van der Waals surface area contributed by atoms with Crippen LogP contribution in [-0.2, 0) is 0 Å². The Morgan fingerprint density at radius 1 is 1.26 bits per heavy atom. The third-order valence-corrected chi connectivity index (χ3v) is 4.39. The number of nitrogens with zero attached hydrogens (tertiary/aromatic N) is 3. The fraction of sp³-hybridized carbons (Fsp3) is 0.444. The van der Waals surface area contributed by atoms with Crippen LogP contribution in [0.2, 0.25) is 0 Å². The van der Waals surface area contributed by atoms with E-state index in [9.17, 15) is 0 Å². The molecule has 1 aromatic heterocycles. The van der Waals surface area contributed by atoms with E-state index in [4.69, 9.17) is 4.74 Å². The van der Waals surface area contributed by atoms with Crippen LogP contribution in [0, 0.1) is 0 Å². The van der Waals surface area contributed by atoms with E-state index in [1.165, 1.54) is 19.3 Å². The highest BCUT2D eigenvalue weighted by molar-refractivity contribution is 5.61. The predicted molar refractivity (Wildman–Crippen MR) is 93.6 cm³/mol. The van der Waals surface area contributed by atoms with Gasteiger partial charge in [-0.15, -0.1) is 0 Å². The van der Waals surface area contributed by atoms with Crippen molar-refractivity contribution in [3.8, 4) is 5.75 Å². The molecule has 2 heterocycles. The molecule has 0 spiro atoms. The molecule has 1 saturated heterocycles. The average molecular weight is 312 g/mol. The summed E-state index contributed by atoms with van der Waals surface area (Å²) in [5.41, 5.74) is 0.958. The molecule has 0 aliphatic carbocycles. The van der Waals surface area contributed by atoms with Crippen LogP contribution in [0.3, 0.4) is 0 Å². The molecule has 5 heteroatoms. The molecule has 1 aliphatic rings. The SMILES string of the molecule is CCC1CCCCN1c1cc(Nc2cccc(OC)c2)ncn1. The first-order valence-corrected chi connectivity index (χ1v) is 8.30. The third kappa shape index (κ3) is 3.73. The summed E-state index contributed by atoms with van der Waals surface area (Å²) < 4.78 is 5.26. The maximum absolute atomic E-state index is 5.26. The zero-order valence-electron chi connectivity index (χ0n) is 13.8. The molecule has 0 radical (unpaired) electrons. The van der Waals surface area contributed by atoms with Crippen LogP contribution >= 0.6 is 0 Å². The second kappa shape index (κ2) is 7.31. The van der Waals surface area contributed by atoms with E-state index in [2.05, 4.69) is 27.1 Å². The predicted octanol–water partition coefficient (Wildman–Crippen LogP) is 4.00. The molecular formula is C18H24N4O. The monoisotopic (exact) mass is 312 g/mol. The molecule has 3 rings (SSSR count). The second-order valence-electron chi connectivity index (χ2n) is 5.87. The molecule has 23 heavy (non-hydrogen) atoms. The van der Waals surface area contributed by atoms with Crippen molar-refractivity contribution in [2.45, 2.75) is 38.6 Å². The summed E-state index contributed by atoms with van der Waals surface area (Å²) in [5, 5.41) is 3.33. The zero-order valence-corrected chi connectivity index (χ0v) is 13.8. The summed E-state index contributed by atoms with van der Waals surface area (Å²) in [6.45, 7) is 3.33. The third-order valence-electron chi connectivity index (χ3n) is 4.39. The molecule has 0 amide bonds. The number of hydrogen-bond donors (Lipinski definition) is 1. The van der Waals surface area contributed by atoms with Crippen LogP contribution in [0.5, 0.6) is 5.75 Å². The minimum absolute atomic E-state index is 0.586. The van der Waals surface area contributed by atoms with Gasteiger partial charge in [0.25, 0.3) is 0 Å². The van der Waals surface area contributed by atoms with Gasteiger partial charge in [0.2, 0.25) is 0 Å². The van der Waals surface area contributed by atoms with Crippen molar-refractivity contribution in [2.75, 3.05) is 23.9 Å². The summed E-state index contributed by atoms with van der Waals surface area (Å²) >= 11 is 0. The van der Waals surface area contributed by atoms with E-state index in [0.717, 1.165) is 36.0 Å². The van der Waals surface area contributed by atoms with E-state index >= 15 is 0 Å². The highest BCUT2D eigenvalue weighted by atomic mass is 16.5. The van der Waals surface area contributed by atoms with Crippen LogP contribution in [0.15, 0.2) is 36.7 Å². The first-order chi connectivity index (χ1) is 11.3. The Morgan fingerprint density at radius 2 is 2.17 bits per heavy atom. The lowest BCUT2D eigenvalue weighted by Crippen LogP contribution is -2.39. The summed E-state index contributed by atoms with van der Waals surface area (Å²) in [6, 6.07) is 10.5. The molecule has 1 fully saturated rings. The van der Waals surface area contributed by atoms with Gasteiger partial charge in [-0.3, -0.25) is 0 Å². The number of hydrogen-bond acceptors (Lipinski definition) is 5. The number of ether oxygens (including phenoxy) is 1. The number of anilines is 3. The molecule has 0 saturated carbocycles. The Morgan fingerprint density at radius 3 is 3.00 bits per heavy atom. The van der Waals surface area contributed by atoms with Gasteiger partial charge in [-0.2, -0.15) is 0 Å². The number of piperidine rings is 1. The maximum atomic E-state index is 5.26. The number of aromatic nitrogens is 2.